The van der Waals surface area contributed by atoms with Crippen LogP contribution in [0.3, 0.4) is 0 Å². The summed E-state index contributed by atoms with van der Waals surface area (Å²) in [6.45, 7) is 0. The van der Waals surface area contributed by atoms with E-state index in [1.54, 1.807) is 12.5 Å². The number of nitrogen functional groups attached to an aromatic ring is 1. The molecule has 3 rings (SSSR count). The standard InChI is InChI=1S/C11H10N4O/c1-15-6-14-8-4-7(2-3-9(8)15)10-5-13-11(12)16-10/h2-6H,1H3,(H2,12,13). The highest BCUT2D eigenvalue weighted by Gasteiger charge is 2.06. The molecule has 0 unspecified atom stereocenters. The molecule has 3 aromatic rings. The van der Waals surface area contributed by atoms with Gasteiger partial charge >= 0.3 is 0 Å². The van der Waals surface area contributed by atoms with Crippen molar-refractivity contribution in [3.05, 3.63) is 30.7 Å². The third-order valence-corrected chi connectivity index (χ3v) is 2.53. The summed E-state index contributed by atoms with van der Waals surface area (Å²) in [7, 11) is 1.96. The number of hydrogen-bond donors (Lipinski definition) is 1. The van der Waals surface area contributed by atoms with Crippen LogP contribution in [-0.4, -0.2) is 14.5 Å². The predicted octanol–water partition coefficient (Wildman–Crippen LogP) is 1.81. The Morgan fingerprint density at radius 1 is 1.31 bits per heavy atom. The number of aromatic nitrogens is 3. The summed E-state index contributed by atoms with van der Waals surface area (Å²) in [4.78, 5) is 8.14. The van der Waals surface area contributed by atoms with Crippen molar-refractivity contribution in [2.75, 3.05) is 5.73 Å². The molecule has 0 aliphatic carbocycles. The summed E-state index contributed by atoms with van der Waals surface area (Å²) in [5, 5.41) is 0. The topological polar surface area (TPSA) is 69.9 Å². The summed E-state index contributed by atoms with van der Waals surface area (Å²) in [6.07, 6.45) is 3.39. The lowest BCUT2D eigenvalue weighted by Gasteiger charge is -1.97. The molecule has 2 heterocycles. The maximum atomic E-state index is 5.44. The van der Waals surface area contributed by atoms with Crippen LogP contribution in [0.1, 0.15) is 0 Å². The molecule has 2 N–H and O–H groups in total. The van der Waals surface area contributed by atoms with Crippen molar-refractivity contribution in [2.45, 2.75) is 0 Å². The average Bonchev–Trinajstić information content (AvgIpc) is 2.86. The summed E-state index contributed by atoms with van der Waals surface area (Å²) >= 11 is 0. The summed E-state index contributed by atoms with van der Waals surface area (Å²) in [5.74, 6) is 0.657. The summed E-state index contributed by atoms with van der Waals surface area (Å²) in [6, 6.07) is 6.09. The van der Waals surface area contributed by atoms with Gasteiger partial charge in [0, 0.05) is 12.6 Å². The molecule has 0 saturated carbocycles. The van der Waals surface area contributed by atoms with Gasteiger partial charge in [-0.2, -0.15) is 0 Å². The maximum Gasteiger partial charge on any atom is 0.292 e. The summed E-state index contributed by atoms with van der Waals surface area (Å²) < 4.78 is 7.22. The van der Waals surface area contributed by atoms with Crippen LogP contribution < -0.4 is 5.73 Å². The number of oxazole rings is 1. The van der Waals surface area contributed by atoms with Gasteiger partial charge in [0.2, 0.25) is 0 Å². The molecule has 80 valence electrons. The van der Waals surface area contributed by atoms with E-state index in [4.69, 9.17) is 10.2 Å². The van der Waals surface area contributed by atoms with E-state index in [1.165, 1.54) is 0 Å². The minimum absolute atomic E-state index is 0.177. The van der Waals surface area contributed by atoms with E-state index in [0.717, 1.165) is 16.6 Å². The fraction of sp³-hybridized carbons (Fsp3) is 0.0909. The molecule has 0 aliphatic heterocycles. The van der Waals surface area contributed by atoms with Gasteiger partial charge in [-0.1, -0.05) is 0 Å². The van der Waals surface area contributed by atoms with Crippen LogP contribution in [0, 0.1) is 0 Å². The molecule has 0 radical (unpaired) electrons. The number of anilines is 1. The van der Waals surface area contributed by atoms with Crippen molar-refractivity contribution in [3.63, 3.8) is 0 Å². The number of nitrogens with zero attached hydrogens (tertiary/aromatic N) is 3. The van der Waals surface area contributed by atoms with Crippen molar-refractivity contribution < 1.29 is 4.42 Å². The number of benzene rings is 1. The largest absolute Gasteiger partial charge is 0.424 e. The molecule has 0 bridgehead atoms. The Morgan fingerprint density at radius 3 is 2.94 bits per heavy atom. The Morgan fingerprint density at radius 2 is 2.19 bits per heavy atom. The third kappa shape index (κ3) is 1.25. The van der Waals surface area contributed by atoms with Crippen molar-refractivity contribution in [2.24, 2.45) is 7.05 Å². The highest BCUT2D eigenvalue weighted by Crippen LogP contribution is 2.24. The van der Waals surface area contributed by atoms with Crippen LogP contribution in [-0.2, 0) is 7.05 Å². The highest BCUT2D eigenvalue weighted by molar-refractivity contribution is 5.80. The Balaban J connectivity index is 2.18. The van der Waals surface area contributed by atoms with Gasteiger partial charge < -0.3 is 14.7 Å². The molecule has 16 heavy (non-hydrogen) atoms. The first-order valence-electron chi connectivity index (χ1n) is 4.87. The van der Waals surface area contributed by atoms with E-state index in [1.807, 2.05) is 29.8 Å². The van der Waals surface area contributed by atoms with Crippen LogP contribution in [0.25, 0.3) is 22.4 Å². The van der Waals surface area contributed by atoms with Gasteiger partial charge in [-0.15, -0.1) is 0 Å². The second kappa shape index (κ2) is 3.10. The van der Waals surface area contributed by atoms with Gasteiger partial charge in [-0.3, -0.25) is 0 Å². The Kier molecular flexibility index (Phi) is 1.73. The van der Waals surface area contributed by atoms with Gasteiger partial charge in [-0.25, -0.2) is 9.97 Å². The van der Waals surface area contributed by atoms with Crippen LogP contribution in [0.2, 0.25) is 0 Å². The van der Waals surface area contributed by atoms with Crippen molar-refractivity contribution in [1.82, 2.24) is 14.5 Å². The maximum absolute atomic E-state index is 5.44. The first-order valence-corrected chi connectivity index (χ1v) is 4.87. The second-order valence-electron chi connectivity index (χ2n) is 3.62. The van der Waals surface area contributed by atoms with Gasteiger partial charge in [0.1, 0.15) is 0 Å². The second-order valence-corrected chi connectivity index (χ2v) is 3.62. The van der Waals surface area contributed by atoms with Gasteiger partial charge in [0.25, 0.3) is 6.01 Å². The number of fused-ring (bicyclic) bond motifs is 1. The van der Waals surface area contributed by atoms with E-state index in [0.29, 0.717) is 5.76 Å². The number of aryl methyl sites for hydroxylation is 1. The smallest absolute Gasteiger partial charge is 0.292 e. The van der Waals surface area contributed by atoms with Gasteiger partial charge in [-0.05, 0) is 18.2 Å². The molecule has 0 fully saturated rings. The minimum atomic E-state index is 0.177. The molecule has 0 amide bonds. The van der Waals surface area contributed by atoms with Gasteiger partial charge in [0.05, 0.1) is 23.6 Å². The lowest BCUT2D eigenvalue weighted by atomic mass is 10.1. The van der Waals surface area contributed by atoms with E-state index < -0.39 is 0 Å². The van der Waals surface area contributed by atoms with E-state index in [2.05, 4.69) is 9.97 Å². The Bertz CT molecular complexity index is 653. The number of hydrogen-bond acceptors (Lipinski definition) is 4. The number of imidazole rings is 1. The zero-order valence-electron chi connectivity index (χ0n) is 8.71. The number of nitrogens with two attached hydrogens (primary N) is 1. The van der Waals surface area contributed by atoms with Crippen molar-refractivity contribution >= 4 is 17.0 Å². The quantitative estimate of drug-likeness (QED) is 0.670. The lowest BCUT2D eigenvalue weighted by Crippen LogP contribution is -1.83. The van der Waals surface area contributed by atoms with Crippen molar-refractivity contribution in [1.29, 1.82) is 0 Å². The normalized spacial score (nSPS) is 11.1. The summed E-state index contributed by atoms with van der Waals surface area (Å²) in [5.41, 5.74) is 8.37. The molecule has 0 atom stereocenters. The van der Waals surface area contributed by atoms with E-state index in [-0.39, 0.29) is 6.01 Å². The number of rotatable bonds is 1. The van der Waals surface area contributed by atoms with Crippen LogP contribution in [0.4, 0.5) is 6.01 Å². The predicted molar refractivity (Wildman–Crippen MR) is 60.6 cm³/mol. The SMILES string of the molecule is Cn1cnc2cc(-c3cnc(N)o3)ccc21. The van der Waals surface area contributed by atoms with Gasteiger partial charge in [0.15, 0.2) is 5.76 Å². The zero-order chi connectivity index (χ0) is 11.1. The first-order chi connectivity index (χ1) is 7.74. The molecule has 0 spiro atoms. The molecule has 1 aromatic carbocycles. The fourth-order valence-electron chi connectivity index (χ4n) is 1.71. The average molecular weight is 214 g/mol. The monoisotopic (exact) mass is 214 g/mol. The Hall–Kier alpha value is -2.30. The molecule has 5 heteroatoms. The van der Waals surface area contributed by atoms with Crippen LogP contribution >= 0.6 is 0 Å². The minimum Gasteiger partial charge on any atom is -0.424 e. The van der Waals surface area contributed by atoms with E-state index in [9.17, 15) is 0 Å². The Labute approximate surface area is 91.5 Å². The van der Waals surface area contributed by atoms with Crippen molar-refractivity contribution in [3.8, 4) is 11.3 Å². The molecular weight excluding hydrogens is 204 g/mol. The van der Waals surface area contributed by atoms with Crippen LogP contribution in [0.15, 0.2) is 35.1 Å². The molecule has 2 aromatic heterocycles. The zero-order valence-corrected chi connectivity index (χ0v) is 8.71. The molecule has 0 aliphatic rings. The van der Waals surface area contributed by atoms with E-state index >= 15 is 0 Å². The lowest BCUT2D eigenvalue weighted by molar-refractivity contribution is 0.595. The van der Waals surface area contributed by atoms with Crippen LogP contribution in [0.5, 0.6) is 0 Å². The fourth-order valence-corrected chi connectivity index (χ4v) is 1.71. The molecule has 0 saturated heterocycles. The first kappa shape index (κ1) is 8.96. The molecular formula is C11H10N4O. The highest BCUT2D eigenvalue weighted by atomic mass is 16.4. The third-order valence-electron chi connectivity index (χ3n) is 2.53. The molecule has 5 nitrogen and oxygen atoms in total.